The number of rotatable bonds is 7. The van der Waals surface area contributed by atoms with Crippen molar-refractivity contribution in [2.75, 3.05) is 37.4 Å². The van der Waals surface area contributed by atoms with E-state index < -0.39 is 0 Å². The van der Waals surface area contributed by atoms with E-state index in [9.17, 15) is 9.59 Å². The lowest BCUT2D eigenvalue weighted by Crippen LogP contribution is -2.34. The monoisotopic (exact) mass is 381 g/mol. The predicted octanol–water partition coefficient (Wildman–Crippen LogP) is 3.39. The third-order valence-electron chi connectivity index (χ3n) is 4.24. The van der Waals surface area contributed by atoms with Crippen LogP contribution in [-0.2, 0) is 0 Å². The summed E-state index contributed by atoms with van der Waals surface area (Å²) in [5.41, 5.74) is 5.58. The highest BCUT2D eigenvalue weighted by atomic mass is 16.2. The Labute approximate surface area is 166 Å². The van der Waals surface area contributed by atoms with Gasteiger partial charge in [-0.2, -0.15) is 5.10 Å². The van der Waals surface area contributed by atoms with Crippen molar-refractivity contribution in [1.82, 2.24) is 10.3 Å². The molecule has 0 saturated carbocycles. The first-order valence-corrected chi connectivity index (χ1v) is 9.21. The van der Waals surface area contributed by atoms with Gasteiger partial charge in [0.05, 0.1) is 6.21 Å². The first-order valence-electron chi connectivity index (χ1n) is 9.21. The van der Waals surface area contributed by atoms with Crippen molar-refractivity contribution in [2.45, 2.75) is 13.8 Å². The molecule has 0 aliphatic carbocycles. The van der Waals surface area contributed by atoms with E-state index in [0.29, 0.717) is 24.3 Å². The maximum absolute atomic E-state index is 12.2. The average molecular weight is 381 g/mol. The second-order valence-electron chi connectivity index (χ2n) is 6.36. The second kappa shape index (κ2) is 10.1. The van der Waals surface area contributed by atoms with Crippen LogP contribution in [0.1, 0.15) is 29.8 Å². The molecule has 0 heterocycles. The number of amides is 3. The van der Waals surface area contributed by atoms with Gasteiger partial charge in [0.2, 0.25) is 0 Å². The zero-order chi connectivity index (χ0) is 20.5. The van der Waals surface area contributed by atoms with E-state index >= 15 is 0 Å². The van der Waals surface area contributed by atoms with Crippen molar-refractivity contribution < 1.29 is 9.59 Å². The second-order valence-corrected chi connectivity index (χ2v) is 6.36. The molecule has 148 valence electrons. The molecule has 2 N–H and O–H groups in total. The molecule has 0 aromatic heterocycles. The van der Waals surface area contributed by atoms with Crippen LogP contribution < -0.4 is 15.6 Å². The Morgan fingerprint density at radius 1 is 0.964 bits per heavy atom. The van der Waals surface area contributed by atoms with Crippen LogP contribution in [0.25, 0.3) is 0 Å². The lowest BCUT2D eigenvalue weighted by molar-refractivity contribution is 0.0955. The van der Waals surface area contributed by atoms with Gasteiger partial charge in [-0.15, -0.1) is 0 Å². The summed E-state index contributed by atoms with van der Waals surface area (Å²) in [7, 11) is 3.95. The molecule has 0 atom stereocenters. The summed E-state index contributed by atoms with van der Waals surface area (Å²) in [5, 5.41) is 6.80. The number of nitrogens with zero attached hydrogens (tertiary/aromatic N) is 3. The van der Waals surface area contributed by atoms with Gasteiger partial charge in [0.15, 0.2) is 0 Å². The molecule has 0 unspecified atom stereocenters. The number of hydrazone groups is 1. The summed E-state index contributed by atoms with van der Waals surface area (Å²) in [5.74, 6) is -0.317. The van der Waals surface area contributed by atoms with Gasteiger partial charge in [0.1, 0.15) is 0 Å². The lowest BCUT2D eigenvalue weighted by atomic mass is 10.2. The van der Waals surface area contributed by atoms with Gasteiger partial charge < -0.3 is 15.1 Å². The molecule has 3 amide bonds. The molecular weight excluding hydrogens is 354 g/mol. The molecule has 28 heavy (non-hydrogen) atoms. The first kappa shape index (κ1) is 21.0. The Hall–Kier alpha value is -3.35. The number of hydrogen-bond acceptors (Lipinski definition) is 4. The molecule has 0 aliphatic rings. The lowest BCUT2D eigenvalue weighted by Gasteiger charge is -2.19. The highest BCUT2D eigenvalue weighted by molar-refractivity contribution is 5.96. The van der Waals surface area contributed by atoms with E-state index in [1.165, 1.54) is 0 Å². The fourth-order valence-electron chi connectivity index (χ4n) is 2.51. The van der Waals surface area contributed by atoms with Crippen molar-refractivity contribution in [3.63, 3.8) is 0 Å². The molecule has 0 aliphatic heterocycles. The quantitative estimate of drug-likeness (QED) is 0.570. The number of carbonyl (C=O) groups excluding carboxylic acids is 2. The number of urea groups is 1. The van der Waals surface area contributed by atoms with Gasteiger partial charge in [-0.1, -0.05) is 12.1 Å². The largest absolute Gasteiger partial charge is 0.378 e. The van der Waals surface area contributed by atoms with Crippen molar-refractivity contribution in [3.05, 3.63) is 59.7 Å². The molecule has 2 aromatic carbocycles. The van der Waals surface area contributed by atoms with Gasteiger partial charge in [0, 0.05) is 44.1 Å². The summed E-state index contributed by atoms with van der Waals surface area (Å²) < 4.78 is 0. The molecule has 0 radical (unpaired) electrons. The first-order chi connectivity index (χ1) is 13.4. The van der Waals surface area contributed by atoms with E-state index in [0.717, 1.165) is 11.3 Å². The van der Waals surface area contributed by atoms with E-state index in [-0.39, 0.29) is 11.9 Å². The van der Waals surface area contributed by atoms with Gasteiger partial charge in [-0.25, -0.2) is 10.2 Å². The molecule has 7 nitrogen and oxygen atoms in total. The van der Waals surface area contributed by atoms with Crippen LogP contribution in [-0.4, -0.2) is 50.2 Å². The molecule has 0 saturated heterocycles. The van der Waals surface area contributed by atoms with Crippen molar-refractivity contribution >= 4 is 29.5 Å². The third kappa shape index (κ3) is 5.84. The summed E-state index contributed by atoms with van der Waals surface area (Å²) in [6.45, 7) is 5.12. The summed E-state index contributed by atoms with van der Waals surface area (Å²) in [4.78, 5) is 27.9. The van der Waals surface area contributed by atoms with Gasteiger partial charge in [-0.3, -0.25) is 4.79 Å². The molecule has 0 spiro atoms. The topological polar surface area (TPSA) is 77.0 Å². The standard InChI is InChI=1S/C21H27N5O2/c1-5-26(6-2)21(28)23-18-11-9-17(10-12-18)20(27)24-22-15-16-7-13-19(14-8-16)25(3)4/h7-15H,5-6H2,1-4H3,(H,23,28)(H,24,27)/b22-15-. The minimum Gasteiger partial charge on any atom is -0.378 e. The smallest absolute Gasteiger partial charge is 0.321 e. The molecule has 2 rings (SSSR count). The van der Waals surface area contributed by atoms with Gasteiger partial charge in [0.25, 0.3) is 5.91 Å². The molecule has 2 aromatic rings. The summed E-state index contributed by atoms with van der Waals surface area (Å²) >= 11 is 0. The predicted molar refractivity (Wildman–Crippen MR) is 114 cm³/mol. The van der Waals surface area contributed by atoms with E-state index in [1.54, 1.807) is 35.4 Å². The molecular formula is C21H27N5O2. The maximum atomic E-state index is 12.2. The molecule has 7 heteroatoms. The highest BCUT2D eigenvalue weighted by Crippen LogP contribution is 2.12. The minimum absolute atomic E-state index is 0.160. The fourth-order valence-corrected chi connectivity index (χ4v) is 2.51. The normalized spacial score (nSPS) is 10.6. The Morgan fingerprint density at radius 3 is 2.11 bits per heavy atom. The Balaban J connectivity index is 1.91. The van der Waals surface area contributed by atoms with Crippen LogP contribution in [0.4, 0.5) is 16.2 Å². The fraction of sp³-hybridized carbons (Fsp3) is 0.286. The Kier molecular flexibility index (Phi) is 7.56. The van der Waals surface area contributed by atoms with Crippen molar-refractivity contribution in [1.29, 1.82) is 0 Å². The van der Waals surface area contributed by atoms with E-state index in [1.807, 2.05) is 57.1 Å². The third-order valence-corrected chi connectivity index (χ3v) is 4.24. The number of nitrogens with one attached hydrogen (secondary N) is 2. The van der Waals surface area contributed by atoms with Crippen molar-refractivity contribution in [2.24, 2.45) is 5.10 Å². The Morgan fingerprint density at radius 2 is 1.57 bits per heavy atom. The van der Waals surface area contributed by atoms with Crippen LogP contribution in [0.2, 0.25) is 0 Å². The number of carbonyl (C=O) groups is 2. The van der Waals surface area contributed by atoms with Gasteiger partial charge in [-0.05, 0) is 55.8 Å². The number of anilines is 2. The van der Waals surface area contributed by atoms with Gasteiger partial charge >= 0.3 is 6.03 Å². The highest BCUT2D eigenvalue weighted by Gasteiger charge is 2.10. The minimum atomic E-state index is -0.317. The van der Waals surface area contributed by atoms with Crippen LogP contribution in [0.5, 0.6) is 0 Å². The molecule has 0 bridgehead atoms. The molecule has 0 fully saturated rings. The average Bonchev–Trinajstić information content (AvgIpc) is 2.69. The van der Waals surface area contributed by atoms with Crippen LogP contribution >= 0.6 is 0 Å². The zero-order valence-corrected chi connectivity index (χ0v) is 16.8. The van der Waals surface area contributed by atoms with Crippen LogP contribution in [0.15, 0.2) is 53.6 Å². The zero-order valence-electron chi connectivity index (χ0n) is 16.8. The SMILES string of the molecule is CCN(CC)C(=O)Nc1ccc(C(=O)N/N=C\c2ccc(N(C)C)cc2)cc1. The number of hydrogen-bond donors (Lipinski definition) is 2. The van der Waals surface area contributed by atoms with Crippen molar-refractivity contribution in [3.8, 4) is 0 Å². The van der Waals surface area contributed by atoms with Crippen LogP contribution in [0.3, 0.4) is 0 Å². The Bertz CT molecular complexity index is 810. The van der Waals surface area contributed by atoms with Crippen LogP contribution in [0, 0.1) is 0 Å². The summed E-state index contributed by atoms with van der Waals surface area (Å²) in [6, 6.07) is 14.3. The van der Waals surface area contributed by atoms with E-state index in [2.05, 4.69) is 15.8 Å². The maximum Gasteiger partial charge on any atom is 0.321 e. The van der Waals surface area contributed by atoms with E-state index in [4.69, 9.17) is 0 Å². The summed E-state index contributed by atoms with van der Waals surface area (Å²) in [6.07, 6.45) is 1.59. The number of benzene rings is 2.